The lowest BCUT2D eigenvalue weighted by atomic mass is 9.68. The molecule has 1 saturated carbocycles. The van der Waals surface area contributed by atoms with E-state index in [-0.39, 0.29) is 28.4 Å². The fourth-order valence-corrected chi connectivity index (χ4v) is 4.51. The lowest BCUT2D eigenvalue weighted by Gasteiger charge is -2.40. The number of nitrogens with two attached hydrogens (primary N) is 1. The van der Waals surface area contributed by atoms with Crippen molar-refractivity contribution in [1.82, 2.24) is 5.32 Å². The zero-order valence-electron chi connectivity index (χ0n) is 10.1. The molecule has 102 valence electrons. The summed E-state index contributed by atoms with van der Waals surface area (Å²) in [5.41, 5.74) is 4.92. The molecule has 1 heterocycles. The summed E-state index contributed by atoms with van der Waals surface area (Å²) in [6, 6.07) is -0.289. The summed E-state index contributed by atoms with van der Waals surface area (Å²) >= 11 is 4.97. The number of amides is 1. The third-order valence-corrected chi connectivity index (χ3v) is 6.12. The molecule has 1 unspecified atom stereocenters. The van der Waals surface area contributed by atoms with Gasteiger partial charge >= 0.3 is 0 Å². The minimum Gasteiger partial charge on any atom is -0.392 e. The van der Waals surface area contributed by atoms with Crippen molar-refractivity contribution < 1.29 is 13.2 Å². The van der Waals surface area contributed by atoms with Gasteiger partial charge in [-0.05, 0) is 25.7 Å². The van der Waals surface area contributed by atoms with E-state index in [1.54, 1.807) is 0 Å². The van der Waals surface area contributed by atoms with Gasteiger partial charge in [-0.3, -0.25) is 4.79 Å². The second kappa shape index (κ2) is 4.77. The van der Waals surface area contributed by atoms with Crippen LogP contribution in [0.4, 0.5) is 0 Å². The Morgan fingerprint density at radius 2 is 2.00 bits per heavy atom. The Morgan fingerprint density at radius 3 is 2.44 bits per heavy atom. The van der Waals surface area contributed by atoms with Gasteiger partial charge in [0.15, 0.2) is 9.84 Å². The Morgan fingerprint density at radius 1 is 1.33 bits per heavy atom. The Hall–Kier alpha value is -0.690. The predicted octanol–water partition coefficient (Wildman–Crippen LogP) is 0.136. The molecule has 5 nitrogen and oxygen atoms in total. The zero-order valence-corrected chi connectivity index (χ0v) is 11.8. The van der Waals surface area contributed by atoms with E-state index >= 15 is 0 Å². The lowest BCUT2D eigenvalue weighted by molar-refractivity contribution is -0.131. The summed E-state index contributed by atoms with van der Waals surface area (Å²) < 4.78 is 23.0. The SMILES string of the molecule is NC(=S)C1(C(=O)NC2CCCS(=O)(=O)C2)CCC1. The molecule has 1 atom stereocenters. The minimum absolute atomic E-state index is 0.0339. The quantitative estimate of drug-likeness (QED) is 0.722. The maximum absolute atomic E-state index is 12.2. The van der Waals surface area contributed by atoms with Gasteiger partial charge in [0.1, 0.15) is 0 Å². The van der Waals surface area contributed by atoms with Crippen LogP contribution in [-0.4, -0.2) is 36.9 Å². The van der Waals surface area contributed by atoms with Crippen LogP contribution in [0.25, 0.3) is 0 Å². The van der Waals surface area contributed by atoms with Crippen LogP contribution in [-0.2, 0) is 14.6 Å². The van der Waals surface area contributed by atoms with Crippen molar-refractivity contribution in [2.24, 2.45) is 11.1 Å². The summed E-state index contributed by atoms with van der Waals surface area (Å²) in [5, 5.41) is 2.81. The molecule has 0 spiro atoms. The number of thiocarbonyl (C=S) groups is 1. The zero-order chi connectivity index (χ0) is 13.4. The van der Waals surface area contributed by atoms with Gasteiger partial charge in [-0.1, -0.05) is 18.6 Å². The molecule has 18 heavy (non-hydrogen) atoms. The first-order valence-corrected chi connectivity index (χ1v) is 8.40. The van der Waals surface area contributed by atoms with Gasteiger partial charge in [-0.2, -0.15) is 0 Å². The highest BCUT2D eigenvalue weighted by Gasteiger charge is 2.47. The maximum Gasteiger partial charge on any atom is 0.233 e. The van der Waals surface area contributed by atoms with Crippen LogP contribution in [0.2, 0.25) is 0 Å². The van der Waals surface area contributed by atoms with Crippen molar-refractivity contribution in [3.63, 3.8) is 0 Å². The summed E-state index contributed by atoms with van der Waals surface area (Å²) in [5.74, 6) is 0.0646. The molecule has 1 aliphatic heterocycles. The van der Waals surface area contributed by atoms with Gasteiger partial charge in [0, 0.05) is 6.04 Å². The number of hydrogen-bond acceptors (Lipinski definition) is 4. The molecule has 2 fully saturated rings. The highest BCUT2D eigenvalue weighted by atomic mass is 32.2. The van der Waals surface area contributed by atoms with Crippen molar-refractivity contribution in [1.29, 1.82) is 0 Å². The average molecular weight is 290 g/mol. The third-order valence-electron chi connectivity index (χ3n) is 3.91. The van der Waals surface area contributed by atoms with Gasteiger partial charge in [0.05, 0.1) is 21.9 Å². The Kier molecular flexibility index (Phi) is 3.64. The van der Waals surface area contributed by atoms with E-state index in [0.29, 0.717) is 25.7 Å². The molecule has 0 radical (unpaired) electrons. The third kappa shape index (κ3) is 2.51. The van der Waals surface area contributed by atoms with Crippen molar-refractivity contribution in [3.8, 4) is 0 Å². The highest BCUT2D eigenvalue weighted by Crippen LogP contribution is 2.41. The molecule has 0 bridgehead atoms. The van der Waals surface area contributed by atoms with E-state index in [0.717, 1.165) is 6.42 Å². The number of nitrogens with one attached hydrogen (secondary N) is 1. The molecule has 3 N–H and O–H groups in total. The van der Waals surface area contributed by atoms with Crippen LogP contribution in [0.5, 0.6) is 0 Å². The van der Waals surface area contributed by atoms with E-state index in [9.17, 15) is 13.2 Å². The van der Waals surface area contributed by atoms with Gasteiger partial charge in [-0.15, -0.1) is 0 Å². The molecule has 2 rings (SSSR count). The standard InChI is InChI=1S/C11H18N2O3S2/c12-9(17)11(4-2-5-11)10(14)13-8-3-1-6-18(15,16)7-8/h8H,1-7H2,(H2,12,17)(H,13,14). The second-order valence-corrected chi connectivity index (χ2v) is 7.90. The van der Waals surface area contributed by atoms with Crippen molar-refractivity contribution in [2.75, 3.05) is 11.5 Å². The van der Waals surface area contributed by atoms with E-state index in [2.05, 4.69) is 5.32 Å². The molecule has 1 aliphatic carbocycles. The van der Waals surface area contributed by atoms with Gasteiger partial charge in [0.25, 0.3) is 0 Å². The monoisotopic (exact) mass is 290 g/mol. The highest BCUT2D eigenvalue weighted by molar-refractivity contribution is 7.91. The second-order valence-electron chi connectivity index (χ2n) is 5.23. The van der Waals surface area contributed by atoms with Crippen LogP contribution in [0.1, 0.15) is 32.1 Å². The first kappa shape index (κ1) is 13.7. The normalized spacial score (nSPS) is 29.0. The number of carbonyl (C=O) groups excluding carboxylic acids is 1. The first-order valence-electron chi connectivity index (χ1n) is 6.17. The number of carbonyl (C=O) groups is 1. The van der Waals surface area contributed by atoms with Crippen LogP contribution in [0.3, 0.4) is 0 Å². The number of sulfone groups is 1. The fourth-order valence-electron chi connectivity index (χ4n) is 2.58. The number of rotatable bonds is 3. The summed E-state index contributed by atoms with van der Waals surface area (Å²) in [4.78, 5) is 12.4. The van der Waals surface area contributed by atoms with Gasteiger partial charge < -0.3 is 11.1 Å². The molecule has 2 aliphatic rings. The Balaban J connectivity index is 2.01. The van der Waals surface area contributed by atoms with Gasteiger partial charge in [-0.25, -0.2) is 8.42 Å². The molecular formula is C11H18N2O3S2. The van der Waals surface area contributed by atoms with Gasteiger partial charge in [0.2, 0.25) is 5.91 Å². The van der Waals surface area contributed by atoms with Crippen LogP contribution >= 0.6 is 12.2 Å². The average Bonchev–Trinajstić information content (AvgIpc) is 2.12. The van der Waals surface area contributed by atoms with E-state index in [4.69, 9.17) is 18.0 Å². The molecule has 0 aromatic carbocycles. The fraction of sp³-hybridized carbons (Fsp3) is 0.818. The molecule has 1 saturated heterocycles. The smallest absolute Gasteiger partial charge is 0.233 e. The molecule has 0 aromatic heterocycles. The van der Waals surface area contributed by atoms with Crippen molar-refractivity contribution in [3.05, 3.63) is 0 Å². The molecule has 1 amide bonds. The van der Waals surface area contributed by atoms with E-state index < -0.39 is 15.3 Å². The van der Waals surface area contributed by atoms with Crippen LogP contribution < -0.4 is 11.1 Å². The maximum atomic E-state index is 12.2. The first-order chi connectivity index (χ1) is 8.36. The van der Waals surface area contributed by atoms with Crippen molar-refractivity contribution >= 4 is 33.0 Å². The topological polar surface area (TPSA) is 89.3 Å². The lowest BCUT2D eigenvalue weighted by Crippen LogP contribution is -2.56. The predicted molar refractivity (Wildman–Crippen MR) is 72.9 cm³/mol. The summed E-state index contributed by atoms with van der Waals surface area (Å²) in [7, 11) is -3.01. The summed E-state index contributed by atoms with van der Waals surface area (Å²) in [6.07, 6.45) is 3.60. The molecular weight excluding hydrogens is 272 g/mol. The Bertz CT molecular complexity index is 469. The van der Waals surface area contributed by atoms with Crippen LogP contribution in [0, 0.1) is 5.41 Å². The van der Waals surface area contributed by atoms with Crippen molar-refractivity contribution in [2.45, 2.75) is 38.1 Å². The van der Waals surface area contributed by atoms with E-state index in [1.807, 2.05) is 0 Å². The summed E-state index contributed by atoms with van der Waals surface area (Å²) in [6.45, 7) is 0. The molecule has 0 aromatic rings. The minimum atomic E-state index is -3.01. The Labute approximate surface area is 112 Å². The van der Waals surface area contributed by atoms with E-state index in [1.165, 1.54) is 0 Å². The largest absolute Gasteiger partial charge is 0.392 e. The molecule has 7 heteroatoms. The van der Waals surface area contributed by atoms with Crippen LogP contribution in [0.15, 0.2) is 0 Å². The number of hydrogen-bond donors (Lipinski definition) is 2.